The number of primary amides is 1. The van der Waals surface area contributed by atoms with Gasteiger partial charge in [-0.1, -0.05) is 6.92 Å². The molecule has 0 saturated heterocycles. The molecule has 0 aliphatic carbocycles. The lowest BCUT2D eigenvalue weighted by Crippen LogP contribution is -2.27. The Kier molecular flexibility index (Phi) is 3.50. The van der Waals surface area contributed by atoms with Crippen molar-refractivity contribution in [3.63, 3.8) is 0 Å². The van der Waals surface area contributed by atoms with E-state index in [1.807, 2.05) is 6.92 Å². The van der Waals surface area contributed by atoms with Crippen LogP contribution in [0.15, 0.2) is 0 Å². The Morgan fingerprint density at radius 2 is 2.30 bits per heavy atom. The molecule has 0 bridgehead atoms. The van der Waals surface area contributed by atoms with E-state index < -0.39 is 11.0 Å². The summed E-state index contributed by atoms with van der Waals surface area (Å²) in [5.41, 5.74) is 4.73. The number of hydrogen-bond acceptors (Lipinski definition) is 2. The fourth-order valence-corrected chi connectivity index (χ4v) is 0.378. The number of nitrogens with two attached hydrogens (primary N) is 1. The third-order valence-electron chi connectivity index (χ3n) is 1.25. The summed E-state index contributed by atoms with van der Waals surface area (Å²) in [6.07, 6.45) is -0.0395. The molecule has 0 saturated carbocycles. The number of rotatable bonds is 3. The van der Waals surface area contributed by atoms with Gasteiger partial charge in [-0.15, -0.1) is 11.6 Å². The number of ether oxygens (including phenoxy) is 1. The highest BCUT2D eigenvalue weighted by atomic mass is 35.5. The zero-order chi connectivity index (χ0) is 8.20. The summed E-state index contributed by atoms with van der Waals surface area (Å²) in [5, 5.41) is 0. The highest BCUT2D eigenvalue weighted by molar-refractivity contribution is 6.23. The van der Waals surface area contributed by atoms with E-state index >= 15 is 0 Å². The van der Waals surface area contributed by atoms with Crippen LogP contribution in [0, 0.1) is 0 Å². The van der Waals surface area contributed by atoms with Gasteiger partial charge in [0.15, 0.2) is 0 Å². The van der Waals surface area contributed by atoms with Crippen LogP contribution in [-0.4, -0.2) is 17.6 Å². The average molecular weight is 166 g/mol. The molecule has 0 aromatic carbocycles. The second-order valence-electron chi connectivity index (χ2n) is 2.37. The van der Waals surface area contributed by atoms with Crippen molar-refractivity contribution in [1.29, 1.82) is 0 Å². The Labute approximate surface area is 65.5 Å². The molecule has 1 amide bonds. The topological polar surface area (TPSA) is 52.3 Å². The minimum Gasteiger partial charge on any atom is -0.448 e. The van der Waals surface area contributed by atoms with Gasteiger partial charge in [-0.3, -0.25) is 0 Å². The normalized spacial score (nSPS) is 15.9. The van der Waals surface area contributed by atoms with E-state index in [0.29, 0.717) is 0 Å². The number of alkyl halides is 1. The van der Waals surface area contributed by atoms with Gasteiger partial charge in [0.25, 0.3) is 0 Å². The molecule has 1 unspecified atom stereocenters. The molecular weight excluding hydrogens is 154 g/mol. The monoisotopic (exact) mass is 165 g/mol. The molecule has 2 N–H and O–H groups in total. The first kappa shape index (κ1) is 9.56. The van der Waals surface area contributed by atoms with Crippen molar-refractivity contribution in [2.45, 2.75) is 25.1 Å². The number of carbonyl (C=O) groups excluding carboxylic acids is 1. The maximum Gasteiger partial charge on any atom is 0.404 e. The van der Waals surface area contributed by atoms with Crippen molar-refractivity contribution in [1.82, 2.24) is 0 Å². The molecule has 0 fully saturated rings. The Morgan fingerprint density at radius 3 is 2.60 bits per heavy atom. The molecule has 0 radical (unpaired) electrons. The van der Waals surface area contributed by atoms with Gasteiger partial charge in [0.2, 0.25) is 0 Å². The predicted octanol–water partition coefficient (Wildman–Crippen LogP) is 1.49. The quantitative estimate of drug-likeness (QED) is 0.645. The lowest BCUT2D eigenvalue weighted by atomic mass is 10.1. The van der Waals surface area contributed by atoms with Crippen LogP contribution in [0.1, 0.15) is 20.3 Å². The lowest BCUT2D eigenvalue weighted by Gasteiger charge is -2.17. The van der Waals surface area contributed by atoms with Crippen LogP contribution in [0.3, 0.4) is 0 Å². The Hall–Kier alpha value is -0.440. The van der Waals surface area contributed by atoms with Gasteiger partial charge in [0, 0.05) is 0 Å². The summed E-state index contributed by atoms with van der Waals surface area (Å²) in [7, 11) is 0. The molecule has 0 rings (SSSR count). The molecule has 3 nitrogen and oxygen atoms in total. The van der Waals surface area contributed by atoms with Crippen LogP contribution >= 0.6 is 11.6 Å². The van der Waals surface area contributed by atoms with Crippen molar-refractivity contribution < 1.29 is 9.53 Å². The van der Waals surface area contributed by atoms with Gasteiger partial charge in [-0.05, 0) is 13.3 Å². The number of hydrogen-bond donors (Lipinski definition) is 1. The van der Waals surface area contributed by atoms with Crippen molar-refractivity contribution in [3.05, 3.63) is 0 Å². The molecule has 1 atom stereocenters. The van der Waals surface area contributed by atoms with Crippen LogP contribution in [0.5, 0.6) is 0 Å². The Morgan fingerprint density at radius 1 is 1.80 bits per heavy atom. The predicted molar refractivity (Wildman–Crippen MR) is 40.1 cm³/mol. The highest BCUT2D eigenvalue weighted by Crippen LogP contribution is 2.18. The van der Waals surface area contributed by atoms with Crippen LogP contribution in [0.25, 0.3) is 0 Å². The minimum absolute atomic E-state index is 0.167. The zero-order valence-corrected chi connectivity index (χ0v) is 6.94. The second-order valence-corrected chi connectivity index (χ2v) is 3.29. The van der Waals surface area contributed by atoms with Crippen molar-refractivity contribution in [2.75, 3.05) is 6.61 Å². The molecule has 4 heteroatoms. The molecule has 0 aliphatic heterocycles. The van der Waals surface area contributed by atoms with Crippen LogP contribution in [0.4, 0.5) is 4.79 Å². The average Bonchev–Trinajstić information content (AvgIpc) is 1.85. The van der Waals surface area contributed by atoms with E-state index in [4.69, 9.17) is 17.3 Å². The van der Waals surface area contributed by atoms with Crippen LogP contribution < -0.4 is 5.73 Å². The maximum absolute atomic E-state index is 10.1. The summed E-state index contributed by atoms with van der Waals surface area (Å²) < 4.78 is 4.50. The second kappa shape index (κ2) is 3.66. The maximum atomic E-state index is 10.1. The van der Waals surface area contributed by atoms with E-state index in [1.165, 1.54) is 0 Å². The van der Waals surface area contributed by atoms with E-state index in [1.54, 1.807) is 6.92 Å². The molecule has 0 aliphatic rings. The molecule has 0 aromatic rings. The molecular formula is C6H12ClNO2. The lowest BCUT2D eigenvalue weighted by molar-refractivity contribution is 0.144. The summed E-state index contributed by atoms with van der Waals surface area (Å²) in [5.74, 6) is 0. The fourth-order valence-electron chi connectivity index (χ4n) is 0.324. The fraction of sp³-hybridized carbons (Fsp3) is 0.833. The van der Waals surface area contributed by atoms with E-state index in [2.05, 4.69) is 4.74 Å². The van der Waals surface area contributed by atoms with Gasteiger partial charge in [-0.2, -0.15) is 0 Å². The molecule has 0 spiro atoms. The standard InChI is InChI=1S/C6H12ClNO2/c1-3-6(2,7)4-10-5(8)9/h3-4H2,1-2H3,(H2,8,9). The highest BCUT2D eigenvalue weighted by Gasteiger charge is 2.19. The van der Waals surface area contributed by atoms with Gasteiger partial charge >= 0.3 is 6.09 Å². The van der Waals surface area contributed by atoms with Gasteiger partial charge < -0.3 is 10.5 Å². The van der Waals surface area contributed by atoms with Gasteiger partial charge in [0.05, 0.1) is 4.87 Å². The van der Waals surface area contributed by atoms with Gasteiger partial charge in [-0.25, -0.2) is 4.79 Å². The first-order chi connectivity index (χ1) is 4.48. The Bertz CT molecular complexity index is 125. The first-order valence-corrected chi connectivity index (χ1v) is 3.47. The number of carbonyl (C=O) groups is 1. The molecule has 10 heavy (non-hydrogen) atoms. The molecule has 0 aromatic heterocycles. The van der Waals surface area contributed by atoms with E-state index in [9.17, 15) is 4.79 Å². The van der Waals surface area contributed by atoms with Crippen LogP contribution in [-0.2, 0) is 4.74 Å². The molecule has 60 valence electrons. The first-order valence-electron chi connectivity index (χ1n) is 3.09. The van der Waals surface area contributed by atoms with Crippen LogP contribution in [0.2, 0.25) is 0 Å². The Balaban J connectivity index is 3.56. The van der Waals surface area contributed by atoms with Crippen molar-refractivity contribution >= 4 is 17.7 Å². The summed E-state index contributed by atoms with van der Waals surface area (Å²) in [4.78, 5) is 9.63. The minimum atomic E-state index is -0.777. The summed E-state index contributed by atoms with van der Waals surface area (Å²) in [6, 6.07) is 0. The largest absolute Gasteiger partial charge is 0.448 e. The summed E-state index contributed by atoms with van der Waals surface area (Å²) in [6.45, 7) is 3.87. The van der Waals surface area contributed by atoms with Crippen molar-refractivity contribution in [3.8, 4) is 0 Å². The third-order valence-corrected chi connectivity index (χ3v) is 1.63. The van der Waals surface area contributed by atoms with Gasteiger partial charge in [0.1, 0.15) is 6.61 Å². The summed E-state index contributed by atoms with van der Waals surface area (Å²) >= 11 is 5.83. The third kappa shape index (κ3) is 4.44. The zero-order valence-electron chi connectivity index (χ0n) is 6.19. The SMILES string of the molecule is CCC(C)(Cl)COC(N)=O. The number of amides is 1. The number of halogens is 1. The smallest absolute Gasteiger partial charge is 0.404 e. The van der Waals surface area contributed by atoms with Crippen molar-refractivity contribution in [2.24, 2.45) is 5.73 Å². The van der Waals surface area contributed by atoms with E-state index in [0.717, 1.165) is 6.42 Å². The molecule has 0 heterocycles. The van der Waals surface area contributed by atoms with E-state index in [-0.39, 0.29) is 6.61 Å².